The number of rotatable bonds is 6. The molecule has 30 heavy (non-hydrogen) atoms. The molecule has 0 spiro atoms. The van der Waals surface area contributed by atoms with Gasteiger partial charge in [-0.05, 0) is 37.5 Å². The average molecular weight is 403 g/mol. The minimum absolute atomic E-state index is 0.0815. The molecule has 2 heterocycles. The van der Waals surface area contributed by atoms with Gasteiger partial charge in [0, 0.05) is 12.1 Å². The molecule has 2 aromatic carbocycles. The van der Waals surface area contributed by atoms with Crippen molar-refractivity contribution in [3.05, 3.63) is 99.4 Å². The number of hydrogen-bond donors (Lipinski definition) is 0. The summed E-state index contributed by atoms with van der Waals surface area (Å²) >= 11 is 0. The van der Waals surface area contributed by atoms with Crippen LogP contribution < -0.4 is 4.57 Å². The summed E-state index contributed by atoms with van der Waals surface area (Å²) in [4.78, 5) is 10.4. The number of imidazole rings is 1. The number of nitrogens with zero attached hydrogens (tertiary/aromatic N) is 6. The molecule has 0 fully saturated rings. The first-order chi connectivity index (χ1) is 14.4. The van der Waals surface area contributed by atoms with Crippen LogP contribution in [0.3, 0.4) is 0 Å². The number of non-ortho nitro benzene ring substituents is 1. The van der Waals surface area contributed by atoms with Crippen molar-refractivity contribution in [1.29, 1.82) is 0 Å². The predicted molar refractivity (Wildman–Crippen MR) is 111 cm³/mol. The Hall–Kier alpha value is -3.81. The molecule has 0 bridgehead atoms. The summed E-state index contributed by atoms with van der Waals surface area (Å²) in [5.41, 5.74) is 6.80. The van der Waals surface area contributed by atoms with Gasteiger partial charge in [-0.3, -0.25) is 10.1 Å². The Morgan fingerprint density at radius 3 is 2.47 bits per heavy atom. The fraction of sp³-hybridized carbons (Fsp3) is 0.227. The standard InChI is InChI=1S/C22H23N6O2/c1-16-10-17(2)22(18(3)11-16)26-9-8-25(15-26)13-20-14-27(24-23-20)12-19-4-6-21(7-5-19)28(29)30/h4-11,14-15H,12-13H2,1-3H3/q+1. The molecule has 0 saturated carbocycles. The Bertz CT molecular complexity index is 1180. The maximum atomic E-state index is 10.8. The first kappa shape index (κ1) is 19.5. The van der Waals surface area contributed by atoms with Crippen molar-refractivity contribution in [3.8, 4) is 5.69 Å². The first-order valence-corrected chi connectivity index (χ1v) is 9.66. The van der Waals surface area contributed by atoms with Gasteiger partial charge in [0.05, 0.1) is 17.7 Å². The highest BCUT2D eigenvalue weighted by Crippen LogP contribution is 2.20. The lowest BCUT2D eigenvalue weighted by molar-refractivity contribution is -0.688. The summed E-state index contributed by atoms with van der Waals surface area (Å²) in [6, 6.07) is 10.9. The zero-order valence-corrected chi connectivity index (χ0v) is 17.2. The fourth-order valence-electron chi connectivity index (χ4n) is 3.79. The molecule has 8 heteroatoms. The minimum Gasteiger partial charge on any atom is -0.258 e. The Morgan fingerprint density at radius 1 is 1.10 bits per heavy atom. The van der Waals surface area contributed by atoms with E-state index in [0.29, 0.717) is 13.1 Å². The molecule has 2 aromatic heterocycles. The molecule has 0 amide bonds. The van der Waals surface area contributed by atoms with E-state index in [9.17, 15) is 10.1 Å². The van der Waals surface area contributed by atoms with Crippen molar-refractivity contribution in [2.45, 2.75) is 33.9 Å². The highest BCUT2D eigenvalue weighted by molar-refractivity contribution is 5.48. The van der Waals surface area contributed by atoms with Gasteiger partial charge in [-0.25, -0.2) is 13.8 Å². The lowest BCUT2D eigenvalue weighted by Gasteiger charge is -2.06. The van der Waals surface area contributed by atoms with Crippen LogP contribution in [0.5, 0.6) is 0 Å². The summed E-state index contributed by atoms with van der Waals surface area (Å²) in [6.45, 7) is 7.49. The van der Waals surface area contributed by atoms with Gasteiger partial charge in [-0.1, -0.05) is 35.0 Å². The Balaban J connectivity index is 1.46. The molecule has 0 aliphatic carbocycles. The van der Waals surface area contributed by atoms with Gasteiger partial charge in [0.15, 0.2) is 0 Å². The molecule has 152 valence electrons. The Morgan fingerprint density at radius 2 is 1.80 bits per heavy atom. The third-order valence-electron chi connectivity index (χ3n) is 5.01. The van der Waals surface area contributed by atoms with Crippen molar-refractivity contribution in [3.63, 3.8) is 0 Å². The predicted octanol–water partition coefficient (Wildman–Crippen LogP) is 3.29. The van der Waals surface area contributed by atoms with E-state index >= 15 is 0 Å². The van der Waals surface area contributed by atoms with E-state index in [-0.39, 0.29) is 5.69 Å². The van der Waals surface area contributed by atoms with Crippen LogP contribution in [0.2, 0.25) is 0 Å². The third kappa shape index (κ3) is 4.12. The van der Waals surface area contributed by atoms with E-state index in [4.69, 9.17) is 0 Å². The van der Waals surface area contributed by atoms with Gasteiger partial charge in [0.1, 0.15) is 30.3 Å². The number of aromatic nitrogens is 5. The molecule has 8 nitrogen and oxygen atoms in total. The summed E-state index contributed by atoms with van der Waals surface area (Å²) in [7, 11) is 0. The van der Waals surface area contributed by atoms with Gasteiger partial charge in [0.2, 0.25) is 6.33 Å². The molecule has 0 radical (unpaired) electrons. The number of benzene rings is 2. The quantitative estimate of drug-likeness (QED) is 0.281. The molecule has 4 aromatic rings. The second-order valence-electron chi connectivity index (χ2n) is 7.57. The number of aryl methyl sites for hydroxylation is 3. The molecule has 0 atom stereocenters. The SMILES string of the molecule is Cc1cc(C)c(-n2cc[n+](Cc3cn(Cc4ccc([N+](=O)[O-])cc4)nn3)c2)c(C)c1. The van der Waals surface area contributed by atoms with Crippen LogP contribution in [-0.2, 0) is 13.1 Å². The van der Waals surface area contributed by atoms with Crippen molar-refractivity contribution in [2.75, 3.05) is 0 Å². The summed E-state index contributed by atoms with van der Waals surface area (Å²) in [5.74, 6) is 0. The minimum atomic E-state index is -0.402. The third-order valence-corrected chi connectivity index (χ3v) is 5.01. The number of nitro benzene ring substituents is 1. The van der Waals surface area contributed by atoms with E-state index in [0.717, 1.165) is 11.3 Å². The molecule has 4 rings (SSSR count). The van der Waals surface area contributed by atoms with E-state index in [2.05, 4.69) is 58.7 Å². The zero-order valence-electron chi connectivity index (χ0n) is 17.2. The Labute approximate surface area is 174 Å². The lowest BCUT2D eigenvalue weighted by Crippen LogP contribution is -2.31. The van der Waals surface area contributed by atoms with Crippen LogP contribution in [0.4, 0.5) is 5.69 Å². The smallest absolute Gasteiger partial charge is 0.258 e. The van der Waals surface area contributed by atoms with E-state index < -0.39 is 4.92 Å². The van der Waals surface area contributed by atoms with E-state index in [1.54, 1.807) is 16.8 Å². The molecular weight excluding hydrogens is 380 g/mol. The number of hydrogen-bond acceptors (Lipinski definition) is 4. The van der Waals surface area contributed by atoms with Crippen molar-refractivity contribution in [1.82, 2.24) is 19.6 Å². The molecule has 0 saturated heterocycles. The van der Waals surface area contributed by atoms with Gasteiger partial charge < -0.3 is 0 Å². The van der Waals surface area contributed by atoms with Gasteiger partial charge in [-0.15, -0.1) is 5.10 Å². The highest BCUT2D eigenvalue weighted by Gasteiger charge is 2.14. The van der Waals surface area contributed by atoms with Crippen LogP contribution in [0.1, 0.15) is 27.9 Å². The van der Waals surface area contributed by atoms with Crippen LogP contribution >= 0.6 is 0 Å². The second-order valence-corrected chi connectivity index (χ2v) is 7.57. The Kier molecular flexibility index (Phi) is 5.14. The van der Waals surface area contributed by atoms with Crippen LogP contribution in [0.15, 0.2) is 61.3 Å². The second kappa shape index (κ2) is 7.90. The monoisotopic (exact) mass is 403 g/mol. The summed E-state index contributed by atoms with van der Waals surface area (Å²) < 4.78 is 5.94. The fourth-order valence-corrected chi connectivity index (χ4v) is 3.79. The maximum absolute atomic E-state index is 10.8. The van der Waals surface area contributed by atoms with Crippen LogP contribution in [0.25, 0.3) is 5.69 Å². The first-order valence-electron chi connectivity index (χ1n) is 9.66. The average Bonchev–Trinajstić information content (AvgIpc) is 3.31. The topological polar surface area (TPSA) is 82.7 Å². The molecular formula is C22H23N6O2+. The summed E-state index contributed by atoms with van der Waals surface area (Å²) in [5, 5.41) is 19.2. The number of nitro groups is 1. The normalized spacial score (nSPS) is 11.0. The zero-order chi connectivity index (χ0) is 21.3. The van der Waals surface area contributed by atoms with E-state index in [1.807, 2.05) is 18.6 Å². The summed E-state index contributed by atoms with van der Waals surface area (Å²) in [6.07, 6.45) is 8.02. The van der Waals surface area contributed by atoms with E-state index in [1.165, 1.54) is 34.5 Å². The molecule has 0 aliphatic heterocycles. The highest BCUT2D eigenvalue weighted by atomic mass is 16.6. The van der Waals surface area contributed by atoms with Crippen molar-refractivity contribution in [2.24, 2.45) is 0 Å². The van der Waals surface area contributed by atoms with Gasteiger partial charge in [-0.2, -0.15) is 0 Å². The molecule has 0 N–H and O–H groups in total. The molecule has 0 aliphatic rings. The maximum Gasteiger partial charge on any atom is 0.269 e. The van der Waals surface area contributed by atoms with Crippen LogP contribution in [-0.4, -0.2) is 24.5 Å². The van der Waals surface area contributed by atoms with Crippen molar-refractivity contribution >= 4 is 5.69 Å². The largest absolute Gasteiger partial charge is 0.269 e. The molecule has 0 unspecified atom stereocenters. The lowest BCUT2D eigenvalue weighted by atomic mass is 10.1. The van der Waals surface area contributed by atoms with Gasteiger partial charge >= 0.3 is 0 Å². The van der Waals surface area contributed by atoms with Crippen molar-refractivity contribution < 1.29 is 9.49 Å². The van der Waals surface area contributed by atoms with Crippen LogP contribution in [0, 0.1) is 30.9 Å². The van der Waals surface area contributed by atoms with Gasteiger partial charge in [0.25, 0.3) is 5.69 Å².